The third kappa shape index (κ3) is 2.69. The minimum absolute atomic E-state index is 0.723. The van der Waals surface area contributed by atoms with Gasteiger partial charge in [0.25, 0.3) is 0 Å². The summed E-state index contributed by atoms with van der Waals surface area (Å²) in [5.74, 6) is 1.09. The number of fused-ring (bicyclic) bond motifs is 1. The van der Waals surface area contributed by atoms with Crippen LogP contribution in [0.5, 0.6) is 0 Å². The number of rotatable bonds is 4. The molecule has 3 nitrogen and oxygen atoms in total. The number of aromatic nitrogens is 1. The molecule has 114 valence electrons. The predicted octanol–water partition coefficient (Wildman–Crippen LogP) is 4.58. The fourth-order valence-corrected chi connectivity index (χ4v) is 3.92. The molecule has 0 amide bonds. The normalized spacial score (nSPS) is 19.2. The summed E-state index contributed by atoms with van der Waals surface area (Å²) in [7, 11) is 0. The van der Waals surface area contributed by atoms with E-state index in [0.29, 0.717) is 0 Å². The molecule has 0 saturated carbocycles. The highest BCUT2D eigenvalue weighted by molar-refractivity contribution is 7.13. The molecule has 1 atom stereocenters. The maximum Gasteiger partial charge on any atom is 0.134 e. The lowest BCUT2D eigenvalue weighted by Gasteiger charge is -2.19. The predicted molar refractivity (Wildman–Crippen MR) is 91.3 cm³/mol. The molecular weight excluding hydrogens is 292 g/mol. The molecule has 1 aromatic carbocycles. The van der Waals surface area contributed by atoms with E-state index in [0.717, 1.165) is 40.9 Å². The Morgan fingerprint density at radius 1 is 1.36 bits per heavy atom. The molecule has 2 aromatic heterocycles. The van der Waals surface area contributed by atoms with Gasteiger partial charge < -0.3 is 9.32 Å². The van der Waals surface area contributed by atoms with E-state index in [-0.39, 0.29) is 0 Å². The lowest BCUT2D eigenvalue weighted by molar-refractivity contribution is 0.266. The molecule has 3 heterocycles. The summed E-state index contributed by atoms with van der Waals surface area (Å²) in [4.78, 5) is 6.93. The molecule has 0 aliphatic carbocycles. The van der Waals surface area contributed by atoms with Crippen LogP contribution in [0.1, 0.15) is 25.5 Å². The van der Waals surface area contributed by atoms with Crippen LogP contribution < -0.4 is 0 Å². The summed E-state index contributed by atoms with van der Waals surface area (Å²) in [5, 5.41) is 4.24. The highest BCUT2D eigenvalue weighted by Crippen LogP contribution is 2.28. The SMILES string of the molecule is CC1CCCN1CCc1cc2ccc(-c3nccs3)cc2o1. The topological polar surface area (TPSA) is 29.3 Å². The third-order valence-electron chi connectivity index (χ3n) is 4.59. The van der Waals surface area contributed by atoms with Gasteiger partial charge in [-0.3, -0.25) is 0 Å². The van der Waals surface area contributed by atoms with E-state index < -0.39 is 0 Å². The van der Waals surface area contributed by atoms with Gasteiger partial charge in [0, 0.05) is 41.5 Å². The summed E-state index contributed by atoms with van der Waals surface area (Å²) in [6.07, 6.45) is 5.50. The summed E-state index contributed by atoms with van der Waals surface area (Å²) >= 11 is 1.66. The molecule has 3 aromatic rings. The highest BCUT2D eigenvalue weighted by Gasteiger charge is 2.20. The van der Waals surface area contributed by atoms with Gasteiger partial charge in [-0.15, -0.1) is 11.3 Å². The third-order valence-corrected chi connectivity index (χ3v) is 5.41. The van der Waals surface area contributed by atoms with Gasteiger partial charge in [0.15, 0.2) is 0 Å². The minimum Gasteiger partial charge on any atom is -0.461 e. The number of thiazole rings is 1. The Morgan fingerprint density at radius 3 is 3.09 bits per heavy atom. The fourth-order valence-electron chi connectivity index (χ4n) is 3.29. The van der Waals surface area contributed by atoms with Gasteiger partial charge >= 0.3 is 0 Å². The minimum atomic E-state index is 0.723. The van der Waals surface area contributed by atoms with Crippen LogP contribution in [0, 0.1) is 0 Å². The number of furan rings is 1. The van der Waals surface area contributed by atoms with E-state index in [2.05, 4.69) is 41.1 Å². The van der Waals surface area contributed by atoms with E-state index in [1.54, 1.807) is 11.3 Å². The molecule has 0 radical (unpaired) electrons. The van der Waals surface area contributed by atoms with Gasteiger partial charge in [-0.25, -0.2) is 4.98 Å². The monoisotopic (exact) mass is 312 g/mol. The van der Waals surface area contributed by atoms with Crippen LogP contribution >= 0.6 is 11.3 Å². The van der Waals surface area contributed by atoms with Crippen LogP contribution in [0.25, 0.3) is 21.5 Å². The molecule has 1 unspecified atom stereocenters. The molecule has 1 aliphatic heterocycles. The van der Waals surface area contributed by atoms with Gasteiger partial charge in [-0.2, -0.15) is 0 Å². The van der Waals surface area contributed by atoms with Crippen molar-refractivity contribution >= 4 is 22.3 Å². The molecule has 1 aliphatic rings. The Bertz CT molecular complexity index is 763. The molecule has 4 rings (SSSR count). The molecule has 1 saturated heterocycles. The Hall–Kier alpha value is -1.65. The number of likely N-dealkylation sites (tertiary alicyclic amines) is 1. The average molecular weight is 312 g/mol. The van der Waals surface area contributed by atoms with Gasteiger partial charge in [-0.1, -0.05) is 12.1 Å². The number of hydrogen-bond donors (Lipinski definition) is 0. The van der Waals surface area contributed by atoms with Crippen LogP contribution in [0.15, 0.2) is 40.3 Å². The zero-order valence-electron chi connectivity index (χ0n) is 12.8. The van der Waals surface area contributed by atoms with Gasteiger partial charge in [-0.05, 0) is 38.4 Å². The largest absolute Gasteiger partial charge is 0.461 e. The summed E-state index contributed by atoms with van der Waals surface area (Å²) in [5.41, 5.74) is 2.11. The molecule has 0 bridgehead atoms. The first kappa shape index (κ1) is 14.0. The van der Waals surface area contributed by atoms with E-state index in [9.17, 15) is 0 Å². The van der Waals surface area contributed by atoms with E-state index in [1.165, 1.54) is 24.8 Å². The maximum absolute atomic E-state index is 6.05. The zero-order valence-corrected chi connectivity index (χ0v) is 13.6. The second-order valence-electron chi connectivity index (χ2n) is 6.08. The molecular formula is C18H20N2OS. The smallest absolute Gasteiger partial charge is 0.134 e. The van der Waals surface area contributed by atoms with E-state index in [1.807, 2.05) is 11.6 Å². The Balaban J connectivity index is 1.53. The fraction of sp³-hybridized carbons (Fsp3) is 0.389. The van der Waals surface area contributed by atoms with Crippen molar-refractivity contribution in [2.24, 2.45) is 0 Å². The number of benzene rings is 1. The number of hydrogen-bond acceptors (Lipinski definition) is 4. The second kappa shape index (κ2) is 5.86. The van der Waals surface area contributed by atoms with Crippen molar-refractivity contribution in [2.75, 3.05) is 13.1 Å². The lowest BCUT2D eigenvalue weighted by atomic mass is 10.1. The quantitative estimate of drug-likeness (QED) is 0.706. The van der Waals surface area contributed by atoms with Crippen molar-refractivity contribution in [3.8, 4) is 10.6 Å². The van der Waals surface area contributed by atoms with Crippen molar-refractivity contribution < 1.29 is 4.42 Å². The highest BCUT2D eigenvalue weighted by atomic mass is 32.1. The summed E-state index contributed by atoms with van der Waals surface area (Å²) in [6.45, 7) is 4.65. The van der Waals surface area contributed by atoms with Crippen LogP contribution in [-0.4, -0.2) is 29.0 Å². The van der Waals surface area contributed by atoms with Gasteiger partial charge in [0.05, 0.1) is 0 Å². The van der Waals surface area contributed by atoms with Crippen molar-refractivity contribution in [3.63, 3.8) is 0 Å². The lowest BCUT2D eigenvalue weighted by Crippen LogP contribution is -2.28. The van der Waals surface area contributed by atoms with Crippen LogP contribution in [0.3, 0.4) is 0 Å². The molecule has 22 heavy (non-hydrogen) atoms. The molecule has 4 heteroatoms. The van der Waals surface area contributed by atoms with Crippen LogP contribution in [0.2, 0.25) is 0 Å². The summed E-state index contributed by atoms with van der Waals surface area (Å²) in [6, 6.07) is 9.28. The first-order valence-corrected chi connectivity index (χ1v) is 8.84. The van der Waals surface area contributed by atoms with Crippen LogP contribution in [0.4, 0.5) is 0 Å². The van der Waals surface area contributed by atoms with Crippen LogP contribution in [-0.2, 0) is 6.42 Å². The van der Waals surface area contributed by atoms with Crippen molar-refractivity contribution in [1.29, 1.82) is 0 Å². The number of nitrogens with zero attached hydrogens (tertiary/aromatic N) is 2. The summed E-state index contributed by atoms with van der Waals surface area (Å²) < 4.78 is 6.05. The average Bonchev–Trinajstić information content (AvgIpc) is 3.25. The molecule has 0 N–H and O–H groups in total. The van der Waals surface area contributed by atoms with E-state index >= 15 is 0 Å². The Kier molecular flexibility index (Phi) is 3.72. The van der Waals surface area contributed by atoms with Crippen molar-refractivity contribution in [3.05, 3.63) is 41.6 Å². The van der Waals surface area contributed by atoms with Gasteiger partial charge in [0.1, 0.15) is 16.4 Å². The molecule has 0 spiro atoms. The first-order chi connectivity index (χ1) is 10.8. The standard InChI is InChI=1S/C18H20N2OS/c1-13-3-2-8-20(13)9-6-16-11-14-4-5-15(12-17(14)21-16)18-19-7-10-22-18/h4-5,7,10-13H,2-3,6,8-9H2,1H3. The van der Waals surface area contributed by atoms with Crippen molar-refractivity contribution in [2.45, 2.75) is 32.2 Å². The van der Waals surface area contributed by atoms with Crippen molar-refractivity contribution in [1.82, 2.24) is 9.88 Å². The van der Waals surface area contributed by atoms with Gasteiger partial charge in [0.2, 0.25) is 0 Å². The second-order valence-corrected chi connectivity index (χ2v) is 6.97. The first-order valence-electron chi connectivity index (χ1n) is 7.96. The zero-order chi connectivity index (χ0) is 14.9. The molecule has 1 fully saturated rings. The maximum atomic E-state index is 6.05. The Labute approximate surface area is 134 Å². The van der Waals surface area contributed by atoms with E-state index in [4.69, 9.17) is 4.42 Å². The Morgan fingerprint density at radius 2 is 2.32 bits per heavy atom.